The van der Waals surface area contributed by atoms with Crippen LogP contribution < -0.4 is 0 Å². The second-order valence-corrected chi connectivity index (χ2v) is 4.48. The summed E-state index contributed by atoms with van der Waals surface area (Å²) in [7, 11) is 1.95. The Bertz CT molecular complexity index is 275. The van der Waals surface area contributed by atoms with E-state index in [0.717, 1.165) is 20.0 Å². The lowest BCUT2D eigenvalue weighted by Gasteiger charge is -2.30. The number of hydrogen-bond donors (Lipinski definition) is 0. The van der Waals surface area contributed by atoms with E-state index in [9.17, 15) is 18.0 Å². The van der Waals surface area contributed by atoms with Gasteiger partial charge in [0.2, 0.25) is 6.10 Å². The first-order valence-corrected chi connectivity index (χ1v) is 5.83. The predicted molar refractivity (Wildman–Crippen MR) is 58.1 cm³/mol. The monoisotopic (exact) mass is 269 g/mol. The van der Waals surface area contributed by atoms with Crippen molar-refractivity contribution in [3.63, 3.8) is 0 Å². The number of ether oxygens (including phenoxy) is 2. The molecule has 0 aromatic carbocycles. The topological polar surface area (TPSA) is 38.8 Å². The molecule has 1 aliphatic rings. The van der Waals surface area contributed by atoms with Gasteiger partial charge >= 0.3 is 12.1 Å². The molecule has 0 amide bonds. The molecule has 0 bridgehead atoms. The average Bonchev–Trinajstić information content (AvgIpc) is 2.24. The molecule has 1 aliphatic heterocycles. The van der Waals surface area contributed by atoms with Crippen LogP contribution in [-0.2, 0) is 14.3 Å². The minimum absolute atomic E-state index is 0.193. The van der Waals surface area contributed by atoms with Gasteiger partial charge in [0.05, 0.1) is 12.7 Å². The highest BCUT2D eigenvalue weighted by atomic mass is 19.4. The molecule has 106 valence electrons. The van der Waals surface area contributed by atoms with Gasteiger partial charge < -0.3 is 14.4 Å². The standard InChI is InChI=1S/C11H18F3NO3/c1-8(16)18-10(11(12,13)14)7-17-9-3-5-15(2)6-4-9/h9-10H,3-7H2,1-2H3. The maximum absolute atomic E-state index is 12.5. The number of carbonyl (C=O) groups is 1. The van der Waals surface area contributed by atoms with Gasteiger partial charge in [-0.3, -0.25) is 4.79 Å². The van der Waals surface area contributed by atoms with Crippen LogP contribution >= 0.6 is 0 Å². The third kappa shape index (κ3) is 5.22. The molecule has 1 saturated heterocycles. The lowest BCUT2D eigenvalue weighted by Crippen LogP contribution is -2.40. The molecule has 1 fully saturated rings. The molecule has 1 atom stereocenters. The minimum atomic E-state index is -4.59. The number of likely N-dealkylation sites (tertiary alicyclic amines) is 1. The number of esters is 1. The van der Waals surface area contributed by atoms with Crippen molar-refractivity contribution in [2.45, 2.75) is 38.1 Å². The molecule has 0 spiro atoms. The van der Waals surface area contributed by atoms with E-state index in [1.165, 1.54) is 0 Å². The number of hydrogen-bond acceptors (Lipinski definition) is 4. The number of rotatable bonds is 4. The van der Waals surface area contributed by atoms with Gasteiger partial charge in [-0.1, -0.05) is 0 Å². The predicted octanol–water partition coefficient (Wildman–Crippen LogP) is 1.59. The number of nitrogens with zero attached hydrogens (tertiary/aromatic N) is 1. The Morgan fingerprint density at radius 2 is 1.94 bits per heavy atom. The summed E-state index contributed by atoms with van der Waals surface area (Å²) in [6.45, 7) is 1.93. The van der Waals surface area contributed by atoms with E-state index in [1.807, 2.05) is 7.05 Å². The molecule has 1 unspecified atom stereocenters. The maximum Gasteiger partial charge on any atom is 0.427 e. The fraction of sp³-hybridized carbons (Fsp3) is 0.909. The summed E-state index contributed by atoms with van der Waals surface area (Å²) < 4.78 is 47.0. The highest BCUT2D eigenvalue weighted by molar-refractivity contribution is 5.66. The van der Waals surface area contributed by atoms with Crippen LogP contribution in [0.25, 0.3) is 0 Å². The van der Waals surface area contributed by atoms with Crippen LogP contribution in [-0.4, -0.2) is 56.0 Å². The fourth-order valence-electron chi connectivity index (χ4n) is 1.77. The van der Waals surface area contributed by atoms with Gasteiger partial charge in [-0.25, -0.2) is 0 Å². The van der Waals surface area contributed by atoms with Crippen molar-refractivity contribution in [1.29, 1.82) is 0 Å². The van der Waals surface area contributed by atoms with E-state index in [4.69, 9.17) is 4.74 Å². The molecule has 1 heterocycles. The van der Waals surface area contributed by atoms with Crippen LogP contribution in [0.5, 0.6) is 0 Å². The quantitative estimate of drug-likeness (QED) is 0.727. The van der Waals surface area contributed by atoms with E-state index < -0.39 is 24.9 Å². The first kappa shape index (κ1) is 15.2. The van der Waals surface area contributed by atoms with E-state index in [2.05, 4.69) is 9.64 Å². The fourth-order valence-corrected chi connectivity index (χ4v) is 1.77. The summed E-state index contributed by atoms with van der Waals surface area (Å²) in [6, 6.07) is 0. The molecule has 0 aromatic heterocycles. The molecular weight excluding hydrogens is 251 g/mol. The molecule has 0 saturated carbocycles. The molecule has 18 heavy (non-hydrogen) atoms. The van der Waals surface area contributed by atoms with E-state index in [1.54, 1.807) is 0 Å². The van der Waals surface area contributed by atoms with E-state index in [0.29, 0.717) is 12.8 Å². The van der Waals surface area contributed by atoms with Gasteiger partial charge in [0.1, 0.15) is 0 Å². The van der Waals surface area contributed by atoms with Crippen molar-refractivity contribution in [1.82, 2.24) is 4.90 Å². The van der Waals surface area contributed by atoms with Crippen molar-refractivity contribution in [3.05, 3.63) is 0 Å². The van der Waals surface area contributed by atoms with Gasteiger partial charge in [0, 0.05) is 20.0 Å². The molecule has 0 aromatic rings. The first-order valence-electron chi connectivity index (χ1n) is 5.83. The van der Waals surface area contributed by atoms with Crippen molar-refractivity contribution in [3.8, 4) is 0 Å². The SMILES string of the molecule is CC(=O)OC(COC1CCN(C)CC1)C(F)(F)F. The maximum atomic E-state index is 12.5. The smallest absolute Gasteiger partial charge is 0.427 e. The van der Waals surface area contributed by atoms with Gasteiger partial charge in [0.25, 0.3) is 0 Å². The molecule has 4 nitrogen and oxygen atoms in total. The summed E-state index contributed by atoms with van der Waals surface area (Å²) in [5, 5.41) is 0. The second kappa shape index (κ2) is 6.38. The zero-order valence-corrected chi connectivity index (χ0v) is 10.5. The minimum Gasteiger partial charge on any atom is -0.450 e. The van der Waals surface area contributed by atoms with Crippen LogP contribution in [0, 0.1) is 0 Å². The Hall–Kier alpha value is -0.820. The summed E-state index contributed by atoms with van der Waals surface area (Å²) in [5.41, 5.74) is 0. The highest BCUT2D eigenvalue weighted by Gasteiger charge is 2.43. The van der Waals surface area contributed by atoms with Gasteiger partial charge in [0.15, 0.2) is 0 Å². The van der Waals surface area contributed by atoms with Crippen LogP contribution in [0.4, 0.5) is 13.2 Å². The van der Waals surface area contributed by atoms with Gasteiger partial charge in [-0.2, -0.15) is 13.2 Å². The van der Waals surface area contributed by atoms with Gasteiger partial charge in [-0.05, 0) is 19.9 Å². The zero-order chi connectivity index (χ0) is 13.8. The number of halogens is 3. The Morgan fingerprint density at radius 3 is 2.39 bits per heavy atom. The Kier molecular flexibility index (Phi) is 5.40. The summed E-state index contributed by atoms with van der Waals surface area (Å²) in [4.78, 5) is 12.7. The number of alkyl halides is 3. The third-order valence-corrected chi connectivity index (χ3v) is 2.82. The zero-order valence-electron chi connectivity index (χ0n) is 10.5. The number of carbonyl (C=O) groups excluding carboxylic acids is 1. The van der Waals surface area contributed by atoms with Crippen LogP contribution in [0.2, 0.25) is 0 Å². The Morgan fingerprint density at radius 1 is 1.39 bits per heavy atom. The third-order valence-electron chi connectivity index (χ3n) is 2.82. The molecular formula is C11H18F3NO3. The van der Waals surface area contributed by atoms with Gasteiger partial charge in [-0.15, -0.1) is 0 Å². The summed E-state index contributed by atoms with van der Waals surface area (Å²) >= 11 is 0. The highest BCUT2D eigenvalue weighted by Crippen LogP contribution is 2.24. The van der Waals surface area contributed by atoms with Crippen molar-refractivity contribution in [2.75, 3.05) is 26.7 Å². The van der Waals surface area contributed by atoms with Crippen LogP contribution in [0.15, 0.2) is 0 Å². The van der Waals surface area contributed by atoms with Crippen molar-refractivity contribution >= 4 is 5.97 Å². The summed E-state index contributed by atoms with van der Waals surface area (Å²) in [5.74, 6) is -0.954. The Labute approximate surface area is 104 Å². The largest absolute Gasteiger partial charge is 0.450 e. The van der Waals surface area contributed by atoms with E-state index in [-0.39, 0.29) is 6.10 Å². The number of piperidine rings is 1. The molecule has 7 heteroatoms. The first-order chi connectivity index (χ1) is 8.29. The average molecular weight is 269 g/mol. The summed E-state index contributed by atoms with van der Waals surface area (Å²) in [6.07, 6.45) is -5.56. The molecule has 1 rings (SSSR count). The van der Waals surface area contributed by atoms with Crippen molar-refractivity contribution < 1.29 is 27.4 Å². The van der Waals surface area contributed by atoms with Crippen LogP contribution in [0.3, 0.4) is 0 Å². The van der Waals surface area contributed by atoms with Crippen LogP contribution in [0.1, 0.15) is 19.8 Å². The molecule has 0 radical (unpaired) electrons. The van der Waals surface area contributed by atoms with E-state index >= 15 is 0 Å². The lowest BCUT2D eigenvalue weighted by molar-refractivity contribution is -0.235. The molecule has 0 aliphatic carbocycles. The second-order valence-electron chi connectivity index (χ2n) is 4.48. The normalized spacial score (nSPS) is 20.7. The molecule has 0 N–H and O–H groups in total. The Balaban J connectivity index is 2.39. The van der Waals surface area contributed by atoms with Crippen molar-refractivity contribution in [2.24, 2.45) is 0 Å². The lowest BCUT2D eigenvalue weighted by atomic mass is 10.1.